The number of nitrogens with one attached hydrogen (secondary N) is 1. The number of aromatic nitrogens is 2. The lowest BCUT2D eigenvalue weighted by Gasteiger charge is -2.18. The van der Waals surface area contributed by atoms with E-state index >= 15 is 0 Å². The molecule has 31 heavy (non-hydrogen) atoms. The minimum atomic E-state index is -0.444. The molecule has 1 heterocycles. The van der Waals surface area contributed by atoms with Gasteiger partial charge < -0.3 is 4.74 Å². The summed E-state index contributed by atoms with van der Waals surface area (Å²) in [6, 6.07) is 16.3. The standard InChI is InChI=1S/C26H30N2O3/c1-18(2)24-23(16-22-14-19(3)13-20(4)15-22)28(26(30)27-25(24)29)17-31-12-8-11-21-9-6-5-7-10-21/h5-11,13-15,18H,12,16-17H2,1-4H3,(H,27,29,30)/b11-8+. The molecule has 0 spiro atoms. The third-order valence-electron chi connectivity index (χ3n) is 5.12. The molecule has 0 bridgehead atoms. The number of nitrogens with zero attached hydrogens (tertiary/aromatic N) is 1. The molecule has 0 aliphatic heterocycles. The van der Waals surface area contributed by atoms with Crippen molar-refractivity contribution in [2.24, 2.45) is 0 Å². The van der Waals surface area contributed by atoms with E-state index in [2.05, 4.69) is 23.2 Å². The van der Waals surface area contributed by atoms with Crippen LogP contribution in [0.25, 0.3) is 6.08 Å². The largest absolute Gasteiger partial charge is 0.357 e. The van der Waals surface area contributed by atoms with Gasteiger partial charge in [-0.25, -0.2) is 4.79 Å². The predicted octanol–water partition coefficient (Wildman–Crippen LogP) is 4.56. The summed E-state index contributed by atoms with van der Waals surface area (Å²) in [7, 11) is 0. The van der Waals surface area contributed by atoms with Gasteiger partial charge in [0.2, 0.25) is 0 Å². The molecule has 0 aliphatic carbocycles. The monoisotopic (exact) mass is 418 g/mol. The molecular formula is C26H30N2O3. The van der Waals surface area contributed by atoms with Crippen molar-refractivity contribution in [1.29, 1.82) is 0 Å². The van der Waals surface area contributed by atoms with Gasteiger partial charge in [0.15, 0.2) is 0 Å². The number of aromatic amines is 1. The quantitative estimate of drug-likeness (QED) is 0.546. The molecule has 3 rings (SSSR count). The van der Waals surface area contributed by atoms with Gasteiger partial charge in [-0.05, 0) is 30.9 Å². The summed E-state index contributed by atoms with van der Waals surface area (Å²) < 4.78 is 7.32. The maximum Gasteiger partial charge on any atom is 0.330 e. The molecule has 0 amide bonds. The predicted molar refractivity (Wildman–Crippen MR) is 126 cm³/mol. The minimum absolute atomic E-state index is 0.0190. The molecule has 0 radical (unpaired) electrons. The number of H-pyrrole nitrogens is 1. The highest BCUT2D eigenvalue weighted by molar-refractivity contribution is 5.48. The zero-order valence-electron chi connectivity index (χ0n) is 18.6. The van der Waals surface area contributed by atoms with Gasteiger partial charge in [0.05, 0.1) is 6.61 Å². The Kier molecular flexibility index (Phi) is 7.42. The van der Waals surface area contributed by atoms with E-state index in [0.717, 1.165) is 22.3 Å². The summed E-state index contributed by atoms with van der Waals surface area (Å²) >= 11 is 0. The van der Waals surface area contributed by atoms with Crippen molar-refractivity contribution < 1.29 is 4.74 Å². The Labute approximate surface area is 183 Å². The average molecular weight is 419 g/mol. The third-order valence-corrected chi connectivity index (χ3v) is 5.12. The molecule has 3 aromatic rings. The van der Waals surface area contributed by atoms with Gasteiger partial charge in [-0.3, -0.25) is 14.3 Å². The Morgan fingerprint density at radius 2 is 1.71 bits per heavy atom. The van der Waals surface area contributed by atoms with E-state index in [4.69, 9.17) is 4.74 Å². The van der Waals surface area contributed by atoms with Gasteiger partial charge in [-0.1, -0.05) is 85.7 Å². The van der Waals surface area contributed by atoms with Gasteiger partial charge in [0.25, 0.3) is 5.56 Å². The molecule has 0 fully saturated rings. The lowest BCUT2D eigenvalue weighted by molar-refractivity contribution is 0.0944. The number of hydrogen-bond acceptors (Lipinski definition) is 3. The van der Waals surface area contributed by atoms with Gasteiger partial charge in [-0.15, -0.1) is 0 Å². The molecule has 2 aromatic carbocycles. The summed E-state index contributed by atoms with van der Waals surface area (Å²) in [5.74, 6) is -0.0190. The fourth-order valence-corrected chi connectivity index (χ4v) is 3.88. The number of hydrogen-bond donors (Lipinski definition) is 1. The molecule has 5 heteroatoms. The average Bonchev–Trinajstić information content (AvgIpc) is 2.69. The van der Waals surface area contributed by atoms with E-state index < -0.39 is 5.69 Å². The highest BCUT2D eigenvalue weighted by Crippen LogP contribution is 2.19. The Morgan fingerprint density at radius 1 is 1.03 bits per heavy atom. The van der Waals surface area contributed by atoms with Crippen LogP contribution in [-0.4, -0.2) is 16.2 Å². The molecule has 162 valence electrons. The van der Waals surface area contributed by atoms with Crippen LogP contribution in [0.1, 0.15) is 53.3 Å². The minimum Gasteiger partial charge on any atom is -0.357 e. The molecule has 0 unspecified atom stereocenters. The highest BCUT2D eigenvalue weighted by Gasteiger charge is 2.18. The lowest BCUT2D eigenvalue weighted by atomic mass is 9.96. The first-order valence-electron chi connectivity index (χ1n) is 10.6. The number of benzene rings is 2. The van der Waals surface area contributed by atoms with Gasteiger partial charge in [0.1, 0.15) is 6.73 Å². The summed E-state index contributed by atoms with van der Waals surface area (Å²) in [6.45, 7) is 8.47. The van der Waals surface area contributed by atoms with Crippen LogP contribution in [-0.2, 0) is 17.9 Å². The van der Waals surface area contributed by atoms with Crippen molar-refractivity contribution in [2.75, 3.05) is 6.61 Å². The van der Waals surface area contributed by atoms with Gasteiger partial charge >= 0.3 is 5.69 Å². The van der Waals surface area contributed by atoms with Crippen LogP contribution in [0.2, 0.25) is 0 Å². The molecule has 1 N–H and O–H groups in total. The van der Waals surface area contributed by atoms with Crippen LogP contribution in [0.4, 0.5) is 0 Å². The van der Waals surface area contributed by atoms with Crippen LogP contribution >= 0.6 is 0 Å². The Morgan fingerprint density at radius 3 is 2.35 bits per heavy atom. The van der Waals surface area contributed by atoms with Gasteiger partial charge in [-0.2, -0.15) is 0 Å². The fourth-order valence-electron chi connectivity index (χ4n) is 3.88. The summed E-state index contributed by atoms with van der Waals surface area (Å²) in [5.41, 5.74) is 5.04. The second-order valence-corrected chi connectivity index (χ2v) is 8.19. The maximum atomic E-state index is 12.7. The highest BCUT2D eigenvalue weighted by atomic mass is 16.5. The normalized spacial score (nSPS) is 11.5. The second-order valence-electron chi connectivity index (χ2n) is 8.19. The Bertz CT molecular complexity index is 1150. The van der Waals surface area contributed by atoms with Crippen LogP contribution in [0.15, 0.2) is 64.2 Å². The fraction of sp³-hybridized carbons (Fsp3) is 0.308. The van der Waals surface area contributed by atoms with Crippen LogP contribution < -0.4 is 11.2 Å². The lowest BCUT2D eigenvalue weighted by Crippen LogP contribution is -2.36. The zero-order chi connectivity index (χ0) is 22.4. The maximum absolute atomic E-state index is 12.7. The number of rotatable bonds is 8. The topological polar surface area (TPSA) is 64.1 Å². The molecule has 0 aliphatic rings. The molecule has 0 saturated heterocycles. The van der Waals surface area contributed by atoms with Crippen molar-refractivity contribution in [3.63, 3.8) is 0 Å². The SMILES string of the molecule is Cc1cc(C)cc(Cc2c(C(C)C)c(=O)[nH]c(=O)n2COC/C=C/c2ccccc2)c1. The summed E-state index contributed by atoms with van der Waals surface area (Å²) in [6.07, 6.45) is 4.39. The smallest absolute Gasteiger partial charge is 0.330 e. The van der Waals surface area contributed by atoms with E-state index in [1.165, 1.54) is 0 Å². The summed E-state index contributed by atoms with van der Waals surface area (Å²) in [4.78, 5) is 27.7. The van der Waals surface area contributed by atoms with Crippen LogP contribution in [0, 0.1) is 13.8 Å². The van der Waals surface area contributed by atoms with Gasteiger partial charge in [0, 0.05) is 17.7 Å². The Balaban J connectivity index is 1.87. The first kappa shape index (κ1) is 22.5. The van der Waals surface area contributed by atoms with Crippen molar-refractivity contribution in [3.8, 4) is 0 Å². The zero-order valence-corrected chi connectivity index (χ0v) is 18.6. The molecule has 1 aromatic heterocycles. The van der Waals surface area contributed by atoms with E-state index in [9.17, 15) is 9.59 Å². The van der Waals surface area contributed by atoms with E-state index in [0.29, 0.717) is 24.3 Å². The van der Waals surface area contributed by atoms with Crippen molar-refractivity contribution in [3.05, 3.63) is 109 Å². The van der Waals surface area contributed by atoms with Crippen LogP contribution in [0.3, 0.4) is 0 Å². The van der Waals surface area contributed by atoms with Crippen molar-refractivity contribution in [2.45, 2.75) is 46.8 Å². The van der Waals surface area contributed by atoms with Crippen molar-refractivity contribution in [1.82, 2.24) is 9.55 Å². The first-order valence-corrected chi connectivity index (χ1v) is 10.6. The number of ether oxygens (including phenoxy) is 1. The van der Waals surface area contributed by atoms with Crippen LogP contribution in [0.5, 0.6) is 0 Å². The molecule has 0 saturated carbocycles. The van der Waals surface area contributed by atoms with E-state index in [1.54, 1.807) is 4.57 Å². The number of aryl methyl sites for hydroxylation is 2. The third kappa shape index (κ3) is 5.92. The van der Waals surface area contributed by atoms with E-state index in [-0.39, 0.29) is 18.2 Å². The molecule has 0 atom stereocenters. The van der Waals surface area contributed by atoms with E-state index in [1.807, 2.05) is 70.2 Å². The van der Waals surface area contributed by atoms with Crippen molar-refractivity contribution >= 4 is 6.08 Å². The molecular weight excluding hydrogens is 388 g/mol. The molecule has 5 nitrogen and oxygen atoms in total. The summed E-state index contributed by atoms with van der Waals surface area (Å²) in [5, 5.41) is 0. The second kappa shape index (κ2) is 10.2. The first-order chi connectivity index (χ1) is 14.8. The Hall–Kier alpha value is -3.18.